The lowest BCUT2D eigenvalue weighted by atomic mass is 9.99. The van der Waals surface area contributed by atoms with Crippen molar-refractivity contribution >= 4 is 11.9 Å². The summed E-state index contributed by atoms with van der Waals surface area (Å²) in [6, 6.07) is 19.4. The van der Waals surface area contributed by atoms with E-state index in [1.807, 2.05) is 12.1 Å². The number of esters is 2. The lowest BCUT2D eigenvalue weighted by molar-refractivity contribution is 0.0730. The van der Waals surface area contributed by atoms with Crippen molar-refractivity contribution in [2.45, 2.75) is 26.7 Å². The van der Waals surface area contributed by atoms with Crippen LogP contribution < -0.4 is 9.47 Å². The van der Waals surface area contributed by atoms with E-state index in [-0.39, 0.29) is 5.75 Å². The van der Waals surface area contributed by atoms with Gasteiger partial charge in [0.1, 0.15) is 17.2 Å². The molecule has 1 N–H and O–H groups in total. The van der Waals surface area contributed by atoms with Crippen LogP contribution in [0.5, 0.6) is 17.2 Å². The minimum atomic E-state index is -0.553. The number of rotatable bonds is 7. The zero-order valence-electron chi connectivity index (χ0n) is 17.0. The van der Waals surface area contributed by atoms with Crippen molar-refractivity contribution in [1.82, 2.24) is 0 Å². The number of benzene rings is 3. The Morgan fingerprint density at radius 3 is 1.67 bits per heavy atom. The summed E-state index contributed by atoms with van der Waals surface area (Å²) in [5.74, 6) is 0.429. The lowest BCUT2D eigenvalue weighted by Gasteiger charge is -2.09. The van der Waals surface area contributed by atoms with Crippen molar-refractivity contribution in [3.05, 3.63) is 89.5 Å². The summed E-state index contributed by atoms with van der Waals surface area (Å²) in [5.41, 5.74) is 1.88. The molecule has 5 nitrogen and oxygen atoms in total. The van der Waals surface area contributed by atoms with Gasteiger partial charge in [0.2, 0.25) is 0 Å². The highest BCUT2D eigenvalue weighted by molar-refractivity contribution is 5.92. The monoisotopic (exact) mass is 404 g/mol. The fourth-order valence-corrected chi connectivity index (χ4v) is 2.83. The van der Waals surface area contributed by atoms with E-state index < -0.39 is 11.9 Å². The van der Waals surface area contributed by atoms with Crippen molar-refractivity contribution < 1.29 is 24.2 Å². The first-order valence-electron chi connectivity index (χ1n) is 9.87. The molecule has 0 heterocycles. The Balaban J connectivity index is 1.58. The lowest BCUT2D eigenvalue weighted by Crippen LogP contribution is -2.10. The maximum absolute atomic E-state index is 12.4. The maximum Gasteiger partial charge on any atom is 0.343 e. The number of phenols is 1. The second kappa shape index (κ2) is 9.74. The SMILES string of the molecule is CCC(C)Cc1ccc(OC(=O)c2ccc(OC(=O)c3ccc(O)cc3)cc2)cc1. The highest BCUT2D eigenvalue weighted by Crippen LogP contribution is 2.19. The molecule has 0 aliphatic heterocycles. The average molecular weight is 404 g/mol. The second-order valence-corrected chi connectivity index (χ2v) is 7.21. The van der Waals surface area contributed by atoms with Crippen molar-refractivity contribution in [2.24, 2.45) is 5.92 Å². The van der Waals surface area contributed by atoms with Crippen molar-refractivity contribution in [1.29, 1.82) is 0 Å². The quantitative estimate of drug-likeness (QED) is 0.420. The van der Waals surface area contributed by atoms with E-state index in [1.165, 1.54) is 42.0 Å². The molecule has 0 aliphatic carbocycles. The van der Waals surface area contributed by atoms with Crippen LogP contribution in [0.1, 0.15) is 46.5 Å². The summed E-state index contributed by atoms with van der Waals surface area (Å²) >= 11 is 0. The number of phenolic OH excluding ortho intramolecular Hbond substituents is 1. The summed E-state index contributed by atoms with van der Waals surface area (Å²) < 4.78 is 10.7. The first-order valence-corrected chi connectivity index (χ1v) is 9.87. The highest BCUT2D eigenvalue weighted by atomic mass is 16.5. The third-order valence-electron chi connectivity index (χ3n) is 4.82. The van der Waals surface area contributed by atoms with Gasteiger partial charge in [-0.15, -0.1) is 0 Å². The van der Waals surface area contributed by atoms with Gasteiger partial charge < -0.3 is 14.6 Å². The predicted molar refractivity (Wildman–Crippen MR) is 114 cm³/mol. The molecule has 0 amide bonds. The molecule has 0 bridgehead atoms. The number of hydrogen-bond acceptors (Lipinski definition) is 5. The molecule has 154 valence electrons. The van der Waals surface area contributed by atoms with Gasteiger partial charge in [0.15, 0.2) is 0 Å². The summed E-state index contributed by atoms with van der Waals surface area (Å²) in [7, 11) is 0. The largest absolute Gasteiger partial charge is 0.508 e. The van der Waals surface area contributed by atoms with Gasteiger partial charge in [-0.3, -0.25) is 0 Å². The molecule has 3 rings (SSSR count). The topological polar surface area (TPSA) is 72.8 Å². The number of hydrogen-bond donors (Lipinski definition) is 1. The third-order valence-corrected chi connectivity index (χ3v) is 4.82. The molecule has 0 aromatic heterocycles. The molecule has 0 fully saturated rings. The summed E-state index contributed by atoms with van der Waals surface area (Å²) in [5, 5.41) is 9.28. The molecule has 1 atom stereocenters. The van der Waals surface area contributed by atoms with Crippen LogP contribution in [0.2, 0.25) is 0 Å². The zero-order valence-corrected chi connectivity index (χ0v) is 17.0. The van der Waals surface area contributed by atoms with Gasteiger partial charge >= 0.3 is 11.9 Å². The van der Waals surface area contributed by atoms with Crippen LogP contribution in [0.25, 0.3) is 0 Å². The summed E-state index contributed by atoms with van der Waals surface area (Å²) in [6.45, 7) is 4.37. The Morgan fingerprint density at radius 2 is 1.20 bits per heavy atom. The van der Waals surface area contributed by atoms with E-state index in [1.54, 1.807) is 24.3 Å². The smallest absolute Gasteiger partial charge is 0.343 e. The summed E-state index contributed by atoms with van der Waals surface area (Å²) in [6.07, 6.45) is 2.12. The van der Waals surface area contributed by atoms with Gasteiger partial charge in [-0.2, -0.15) is 0 Å². The number of carbonyl (C=O) groups excluding carboxylic acids is 2. The molecule has 5 heteroatoms. The van der Waals surface area contributed by atoms with Gasteiger partial charge in [-0.05, 0) is 78.6 Å². The Bertz CT molecular complexity index is 989. The fourth-order valence-electron chi connectivity index (χ4n) is 2.83. The normalized spacial score (nSPS) is 11.5. The molecule has 0 spiro atoms. The van der Waals surface area contributed by atoms with Crippen LogP contribution in [0, 0.1) is 5.92 Å². The fraction of sp³-hybridized carbons (Fsp3) is 0.200. The van der Waals surface area contributed by atoms with Crippen LogP contribution >= 0.6 is 0 Å². The van der Waals surface area contributed by atoms with Gasteiger partial charge in [0.05, 0.1) is 11.1 Å². The zero-order chi connectivity index (χ0) is 21.5. The van der Waals surface area contributed by atoms with Crippen LogP contribution in [0.3, 0.4) is 0 Å². The van der Waals surface area contributed by atoms with Gasteiger partial charge in [0.25, 0.3) is 0 Å². The molecular weight excluding hydrogens is 380 g/mol. The minimum absolute atomic E-state index is 0.0690. The number of ether oxygens (including phenoxy) is 2. The Labute approximate surface area is 175 Å². The van der Waals surface area contributed by atoms with Gasteiger partial charge in [0, 0.05) is 0 Å². The van der Waals surface area contributed by atoms with E-state index in [0.717, 1.165) is 12.8 Å². The van der Waals surface area contributed by atoms with Crippen molar-refractivity contribution in [3.8, 4) is 17.2 Å². The molecule has 30 heavy (non-hydrogen) atoms. The molecule has 3 aromatic rings. The Kier molecular flexibility index (Phi) is 6.86. The summed E-state index contributed by atoms with van der Waals surface area (Å²) in [4.78, 5) is 24.5. The minimum Gasteiger partial charge on any atom is -0.508 e. The van der Waals surface area contributed by atoms with Crippen LogP contribution in [0.15, 0.2) is 72.8 Å². The Hall–Kier alpha value is -3.60. The number of carbonyl (C=O) groups is 2. The van der Waals surface area contributed by atoms with Crippen LogP contribution in [0.4, 0.5) is 0 Å². The second-order valence-electron chi connectivity index (χ2n) is 7.21. The third kappa shape index (κ3) is 5.70. The number of aromatic hydroxyl groups is 1. The highest BCUT2D eigenvalue weighted by Gasteiger charge is 2.12. The molecule has 0 saturated carbocycles. The van der Waals surface area contributed by atoms with E-state index in [9.17, 15) is 14.7 Å². The van der Waals surface area contributed by atoms with Crippen LogP contribution in [-0.2, 0) is 6.42 Å². The molecule has 0 radical (unpaired) electrons. The van der Waals surface area contributed by atoms with Crippen LogP contribution in [-0.4, -0.2) is 17.0 Å². The van der Waals surface area contributed by atoms with Gasteiger partial charge in [-0.25, -0.2) is 9.59 Å². The first-order chi connectivity index (χ1) is 14.4. The average Bonchev–Trinajstić information content (AvgIpc) is 2.76. The predicted octanol–water partition coefficient (Wildman–Crippen LogP) is 5.42. The van der Waals surface area contributed by atoms with E-state index in [4.69, 9.17) is 9.47 Å². The molecule has 0 aliphatic rings. The first kappa shape index (κ1) is 21.1. The standard InChI is InChI=1S/C25H24O5/c1-3-17(2)16-18-4-12-22(13-5-18)29-25(28)20-8-14-23(15-9-20)30-24(27)19-6-10-21(26)11-7-19/h4-15,17,26H,3,16H2,1-2H3. The maximum atomic E-state index is 12.4. The van der Waals surface area contributed by atoms with Crippen molar-refractivity contribution in [3.63, 3.8) is 0 Å². The van der Waals surface area contributed by atoms with Gasteiger partial charge in [-0.1, -0.05) is 32.4 Å². The Morgan fingerprint density at radius 1 is 0.767 bits per heavy atom. The molecule has 0 saturated heterocycles. The molecular formula is C25H24O5. The van der Waals surface area contributed by atoms with Crippen molar-refractivity contribution in [2.75, 3.05) is 0 Å². The molecule has 3 aromatic carbocycles. The van der Waals surface area contributed by atoms with E-state index in [0.29, 0.717) is 28.5 Å². The van der Waals surface area contributed by atoms with E-state index >= 15 is 0 Å². The van der Waals surface area contributed by atoms with E-state index in [2.05, 4.69) is 13.8 Å². The molecule has 1 unspecified atom stereocenters.